The molecule has 0 saturated carbocycles. The van der Waals surface area contributed by atoms with Crippen LogP contribution in [0.4, 0.5) is 10.8 Å². The zero-order valence-corrected chi connectivity index (χ0v) is 19.5. The largest absolute Gasteiger partial charge is 0.347 e. The van der Waals surface area contributed by atoms with Crippen molar-refractivity contribution in [1.82, 2.24) is 14.5 Å². The van der Waals surface area contributed by atoms with E-state index in [2.05, 4.69) is 15.1 Å². The van der Waals surface area contributed by atoms with E-state index in [0.717, 1.165) is 46.7 Å². The fourth-order valence-electron chi connectivity index (χ4n) is 3.70. The lowest BCUT2D eigenvalue weighted by molar-refractivity contribution is -0.116. The molecule has 2 aliphatic heterocycles. The van der Waals surface area contributed by atoms with Gasteiger partial charge in [-0.25, -0.2) is 12.7 Å². The molecule has 0 N–H and O–H groups in total. The van der Waals surface area contributed by atoms with Gasteiger partial charge in [0.1, 0.15) is 0 Å². The summed E-state index contributed by atoms with van der Waals surface area (Å²) in [5, 5.41) is 9.42. The van der Waals surface area contributed by atoms with E-state index in [4.69, 9.17) is 0 Å². The second-order valence-corrected chi connectivity index (χ2v) is 11.9. The minimum absolute atomic E-state index is 0.00193. The van der Waals surface area contributed by atoms with E-state index >= 15 is 0 Å². The Hall–Kier alpha value is -1.69. The predicted molar refractivity (Wildman–Crippen MR) is 120 cm³/mol. The summed E-state index contributed by atoms with van der Waals surface area (Å²) in [5.74, 6) is 0.285. The van der Waals surface area contributed by atoms with Gasteiger partial charge in [-0.1, -0.05) is 23.1 Å². The van der Waals surface area contributed by atoms with Crippen molar-refractivity contribution in [3.63, 3.8) is 0 Å². The maximum absolute atomic E-state index is 12.9. The molecule has 162 valence electrons. The normalized spacial score (nSPS) is 16.9. The fraction of sp³-hybridized carbons (Fsp3) is 0.526. The highest BCUT2D eigenvalue weighted by Gasteiger charge is 2.26. The molecule has 0 atom stereocenters. The van der Waals surface area contributed by atoms with Crippen LogP contribution in [0.25, 0.3) is 0 Å². The summed E-state index contributed by atoms with van der Waals surface area (Å²) >= 11 is 2.95. The van der Waals surface area contributed by atoms with Crippen molar-refractivity contribution in [1.29, 1.82) is 0 Å². The highest BCUT2D eigenvalue weighted by molar-refractivity contribution is 8.01. The third-order valence-electron chi connectivity index (χ3n) is 5.34. The molecular weight excluding hydrogens is 442 g/mol. The minimum Gasteiger partial charge on any atom is -0.347 e. The number of hydrogen-bond donors (Lipinski definition) is 0. The zero-order chi connectivity index (χ0) is 21.3. The Labute approximate surface area is 185 Å². The van der Waals surface area contributed by atoms with Gasteiger partial charge in [-0.15, -0.1) is 10.2 Å². The van der Waals surface area contributed by atoms with Crippen LogP contribution in [-0.2, 0) is 21.2 Å². The Morgan fingerprint density at radius 3 is 2.67 bits per heavy atom. The number of thioether (sulfide) groups is 1. The molecule has 1 aromatic carbocycles. The molecule has 8 nitrogen and oxygen atoms in total. The molecule has 0 aliphatic carbocycles. The van der Waals surface area contributed by atoms with Crippen LogP contribution < -0.4 is 9.80 Å². The summed E-state index contributed by atoms with van der Waals surface area (Å²) < 4.78 is 26.8. The van der Waals surface area contributed by atoms with Crippen molar-refractivity contribution in [3.05, 3.63) is 23.8 Å². The van der Waals surface area contributed by atoms with Gasteiger partial charge in [0.15, 0.2) is 4.34 Å². The molecule has 1 aromatic heterocycles. The average Bonchev–Trinajstić information content (AvgIpc) is 3.42. The number of rotatable bonds is 6. The van der Waals surface area contributed by atoms with Gasteiger partial charge < -0.3 is 9.80 Å². The summed E-state index contributed by atoms with van der Waals surface area (Å²) in [6.45, 7) is 2.68. The molecule has 0 spiro atoms. The maximum Gasteiger partial charge on any atom is 0.242 e. The van der Waals surface area contributed by atoms with E-state index in [0.29, 0.717) is 6.54 Å². The average molecular weight is 468 g/mol. The number of carbonyl (C=O) groups excluding carboxylic acids is 1. The first-order valence-corrected chi connectivity index (χ1v) is 13.2. The van der Waals surface area contributed by atoms with Crippen LogP contribution in [-0.4, -0.2) is 68.3 Å². The van der Waals surface area contributed by atoms with E-state index in [-0.39, 0.29) is 16.6 Å². The Bertz CT molecular complexity index is 1030. The summed E-state index contributed by atoms with van der Waals surface area (Å²) in [5.41, 5.74) is 1.70. The van der Waals surface area contributed by atoms with Crippen LogP contribution in [0.15, 0.2) is 27.4 Å². The van der Waals surface area contributed by atoms with Crippen molar-refractivity contribution >= 4 is 49.8 Å². The standard InChI is InChI=1S/C19H25N5O3S3/c1-22(2)30(26,27)15-7-8-16-14(12-15)6-5-11-24(16)17(25)13-28-19-21-20-18(29-19)23-9-3-4-10-23/h7-8,12H,3-6,9-11,13H2,1-2H3. The Morgan fingerprint density at radius 2 is 1.93 bits per heavy atom. The van der Waals surface area contributed by atoms with E-state index < -0.39 is 10.0 Å². The van der Waals surface area contributed by atoms with Crippen LogP contribution in [0.5, 0.6) is 0 Å². The van der Waals surface area contributed by atoms with Crippen LogP contribution in [0.2, 0.25) is 0 Å². The molecule has 2 aliphatic rings. The highest BCUT2D eigenvalue weighted by Crippen LogP contribution is 2.33. The molecule has 1 fully saturated rings. The Morgan fingerprint density at radius 1 is 1.17 bits per heavy atom. The number of fused-ring (bicyclic) bond motifs is 1. The van der Waals surface area contributed by atoms with Gasteiger partial charge in [-0.05, 0) is 49.4 Å². The van der Waals surface area contributed by atoms with Gasteiger partial charge in [-0.2, -0.15) is 0 Å². The third kappa shape index (κ3) is 4.34. The molecule has 0 radical (unpaired) electrons. The number of aryl methyl sites for hydroxylation is 1. The number of hydrogen-bond acceptors (Lipinski definition) is 8. The van der Waals surface area contributed by atoms with Crippen molar-refractivity contribution in [2.45, 2.75) is 34.9 Å². The first kappa shape index (κ1) is 21.5. The van der Waals surface area contributed by atoms with E-state index in [1.54, 1.807) is 23.1 Å². The molecule has 2 aromatic rings. The number of anilines is 2. The maximum atomic E-state index is 12.9. The lowest BCUT2D eigenvalue weighted by atomic mass is 10.0. The lowest BCUT2D eigenvalue weighted by Gasteiger charge is -2.30. The second kappa shape index (κ2) is 8.81. The van der Waals surface area contributed by atoms with E-state index in [1.165, 1.54) is 54.3 Å². The zero-order valence-electron chi connectivity index (χ0n) is 17.1. The number of carbonyl (C=O) groups is 1. The van der Waals surface area contributed by atoms with E-state index in [9.17, 15) is 13.2 Å². The van der Waals surface area contributed by atoms with Gasteiger partial charge in [-0.3, -0.25) is 4.79 Å². The van der Waals surface area contributed by atoms with Crippen LogP contribution in [0.1, 0.15) is 24.8 Å². The van der Waals surface area contributed by atoms with Crippen LogP contribution >= 0.6 is 23.1 Å². The molecule has 11 heteroatoms. The van der Waals surface area contributed by atoms with Gasteiger partial charge in [0, 0.05) is 39.4 Å². The summed E-state index contributed by atoms with van der Waals surface area (Å²) in [4.78, 5) is 17.2. The molecule has 1 saturated heterocycles. The van der Waals surface area contributed by atoms with Crippen molar-refractivity contribution in [2.75, 3.05) is 49.3 Å². The summed E-state index contributed by atoms with van der Waals surface area (Å²) in [6.07, 6.45) is 3.95. The predicted octanol–water partition coefficient (Wildman–Crippen LogP) is 2.46. The highest BCUT2D eigenvalue weighted by atomic mass is 32.2. The summed E-state index contributed by atoms with van der Waals surface area (Å²) in [6, 6.07) is 5.04. The van der Waals surface area contributed by atoms with Crippen molar-refractivity contribution in [2.24, 2.45) is 0 Å². The van der Waals surface area contributed by atoms with Gasteiger partial charge in [0.2, 0.25) is 21.1 Å². The fourth-order valence-corrected chi connectivity index (χ4v) is 6.42. The van der Waals surface area contributed by atoms with Gasteiger partial charge in [0.25, 0.3) is 0 Å². The number of amides is 1. The number of sulfonamides is 1. The molecule has 0 bridgehead atoms. The third-order valence-corrected chi connectivity index (χ3v) is 9.25. The quantitative estimate of drug-likeness (QED) is 0.603. The topological polar surface area (TPSA) is 86.7 Å². The lowest BCUT2D eigenvalue weighted by Crippen LogP contribution is -2.36. The molecule has 0 unspecified atom stereocenters. The first-order chi connectivity index (χ1) is 14.4. The van der Waals surface area contributed by atoms with Crippen LogP contribution in [0.3, 0.4) is 0 Å². The number of benzene rings is 1. The van der Waals surface area contributed by atoms with Gasteiger partial charge in [0.05, 0.1) is 10.6 Å². The summed E-state index contributed by atoms with van der Waals surface area (Å²) in [7, 11) is -0.455. The number of aromatic nitrogens is 2. The molecule has 4 rings (SSSR count). The SMILES string of the molecule is CN(C)S(=O)(=O)c1ccc2c(c1)CCCN2C(=O)CSc1nnc(N2CCCC2)s1. The first-order valence-electron chi connectivity index (χ1n) is 9.93. The number of nitrogens with zero attached hydrogens (tertiary/aromatic N) is 5. The minimum atomic E-state index is -3.49. The molecule has 3 heterocycles. The van der Waals surface area contributed by atoms with Crippen molar-refractivity contribution < 1.29 is 13.2 Å². The molecule has 1 amide bonds. The van der Waals surface area contributed by atoms with Crippen LogP contribution in [0, 0.1) is 0 Å². The molecule has 30 heavy (non-hydrogen) atoms. The van der Waals surface area contributed by atoms with Gasteiger partial charge >= 0.3 is 0 Å². The Kier molecular flexibility index (Phi) is 6.33. The molecular formula is C19H25N5O3S3. The smallest absolute Gasteiger partial charge is 0.242 e. The second-order valence-electron chi connectivity index (χ2n) is 7.56. The monoisotopic (exact) mass is 467 g/mol. The Balaban J connectivity index is 1.44. The van der Waals surface area contributed by atoms with E-state index in [1.807, 2.05) is 0 Å². The van der Waals surface area contributed by atoms with Crippen molar-refractivity contribution in [3.8, 4) is 0 Å².